The second-order valence-corrected chi connectivity index (χ2v) is 8.20. The molecule has 0 atom stereocenters. The van der Waals surface area contributed by atoms with Crippen LogP contribution in [0.3, 0.4) is 0 Å². The molecule has 1 aromatic rings. The Kier molecular flexibility index (Phi) is 24.3. The Balaban J connectivity index is 1.83. The summed E-state index contributed by atoms with van der Waals surface area (Å²) in [6.45, 7) is 8.14. The molecule has 0 N–H and O–H groups in total. The van der Waals surface area contributed by atoms with E-state index in [0.717, 1.165) is 11.1 Å². The minimum absolute atomic E-state index is 0.314. The van der Waals surface area contributed by atoms with Crippen LogP contribution < -0.4 is 9.47 Å². The smallest absolute Gasteiger partial charge is 0.124 e. The van der Waals surface area contributed by atoms with E-state index in [2.05, 4.69) is 0 Å². The van der Waals surface area contributed by atoms with Gasteiger partial charge < -0.3 is 47.4 Å². The van der Waals surface area contributed by atoms with Gasteiger partial charge in [-0.3, -0.25) is 0 Å². The standard InChI is InChI=1S/C26H44Cl2O10/c1-29-3-4-31-5-6-32-7-8-33-9-10-34-11-12-35-13-14-36-15-16-37-17-18-38-26-20-23(21-27)25(30-2)19-24(26)22-28/h19-20H,3-18,21-22H2,1-2H3. The van der Waals surface area contributed by atoms with Gasteiger partial charge in [0.15, 0.2) is 0 Å². The molecule has 0 aliphatic carbocycles. The normalized spacial score (nSPS) is 11.3. The summed E-state index contributed by atoms with van der Waals surface area (Å²) >= 11 is 12.0. The van der Waals surface area contributed by atoms with Gasteiger partial charge in [0.25, 0.3) is 0 Å². The van der Waals surface area contributed by atoms with Crippen LogP contribution in [0.2, 0.25) is 0 Å². The van der Waals surface area contributed by atoms with Crippen LogP contribution >= 0.6 is 23.2 Å². The lowest BCUT2D eigenvalue weighted by Gasteiger charge is -2.14. The van der Waals surface area contributed by atoms with E-state index in [-0.39, 0.29) is 0 Å². The van der Waals surface area contributed by atoms with Gasteiger partial charge in [-0.25, -0.2) is 0 Å². The summed E-state index contributed by atoms with van der Waals surface area (Å²) in [6.07, 6.45) is 0. The molecule has 1 aromatic carbocycles. The van der Waals surface area contributed by atoms with Crippen molar-refractivity contribution >= 4 is 23.2 Å². The van der Waals surface area contributed by atoms with E-state index in [4.69, 9.17) is 70.6 Å². The van der Waals surface area contributed by atoms with Crippen molar-refractivity contribution in [3.8, 4) is 11.5 Å². The maximum atomic E-state index is 6.02. The van der Waals surface area contributed by atoms with Gasteiger partial charge in [-0.15, -0.1) is 23.2 Å². The van der Waals surface area contributed by atoms with Crippen molar-refractivity contribution in [2.45, 2.75) is 11.8 Å². The SMILES string of the molecule is COCCOCCOCCOCCOCCOCCOCCOCCOc1cc(CCl)c(OC)cc1CCl. The molecule has 0 heterocycles. The molecule has 0 aliphatic heterocycles. The lowest BCUT2D eigenvalue weighted by atomic mass is 10.1. The molecule has 0 aliphatic rings. The molecule has 0 bridgehead atoms. The fourth-order valence-corrected chi connectivity index (χ4v) is 3.37. The Morgan fingerprint density at radius 2 is 0.763 bits per heavy atom. The zero-order valence-corrected chi connectivity index (χ0v) is 24.2. The molecule has 12 heteroatoms. The van der Waals surface area contributed by atoms with Gasteiger partial charge in [-0.05, 0) is 12.1 Å². The summed E-state index contributed by atoms with van der Waals surface area (Å²) in [5.74, 6) is 2.03. The van der Waals surface area contributed by atoms with E-state index in [1.54, 1.807) is 14.2 Å². The number of methoxy groups -OCH3 is 2. The van der Waals surface area contributed by atoms with Crippen molar-refractivity contribution in [2.75, 3.05) is 120 Å². The highest BCUT2D eigenvalue weighted by molar-refractivity contribution is 6.18. The number of halogens is 2. The first-order valence-corrected chi connectivity index (χ1v) is 13.8. The van der Waals surface area contributed by atoms with E-state index < -0.39 is 0 Å². The molecule has 38 heavy (non-hydrogen) atoms. The van der Waals surface area contributed by atoms with E-state index in [0.29, 0.717) is 129 Å². The molecule has 0 saturated carbocycles. The van der Waals surface area contributed by atoms with Crippen LogP contribution in [0.5, 0.6) is 11.5 Å². The van der Waals surface area contributed by atoms with E-state index >= 15 is 0 Å². The van der Waals surface area contributed by atoms with E-state index in [9.17, 15) is 0 Å². The van der Waals surface area contributed by atoms with Gasteiger partial charge in [0.1, 0.15) is 18.1 Å². The van der Waals surface area contributed by atoms with E-state index in [1.807, 2.05) is 12.1 Å². The highest BCUT2D eigenvalue weighted by Crippen LogP contribution is 2.31. The maximum Gasteiger partial charge on any atom is 0.124 e. The molecule has 0 aromatic heterocycles. The van der Waals surface area contributed by atoms with Crippen molar-refractivity contribution in [1.29, 1.82) is 0 Å². The number of hydrogen-bond donors (Lipinski definition) is 0. The first-order chi connectivity index (χ1) is 18.8. The summed E-state index contributed by atoms with van der Waals surface area (Å²) < 4.78 is 54.1. The summed E-state index contributed by atoms with van der Waals surface area (Å²) in [6, 6.07) is 3.70. The van der Waals surface area contributed by atoms with Crippen molar-refractivity contribution < 1.29 is 47.4 Å². The Morgan fingerprint density at radius 3 is 1.11 bits per heavy atom. The number of ether oxygens (including phenoxy) is 10. The zero-order valence-electron chi connectivity index (χ0n) is 22.7. The van der Waals surface area contributed by atoms with E-state index in [1.165, 1.54) is 0 Å². The van der Waals surface area contributed by atoms with Crippen molar-refractivity contribution in [3.63, 3.8) is 0 Å². The summed E-state index contributed by atoms with van der Waals surface area (Å²) in [7, 11) is 3.24. The second kappa shape index (κ2) is 26.3. The molecule has 222 valence electrons. The number of alkyl halides is 2. The third-order valence-corrected chi connectivity index (χ3v) is 5.48. The molecule has 1 rings (SSSR count). The Bertz CT molecular complexity index is 669. The van der Waals surface area contributed by atoms with Crippen molar-refractivity contribution in [1.82, 2.24) is 0 Å². The monoisotopic (exact) mass is 586 g/mol. The molecule has 0 saturated heterocycles. The third-order valence-electron chi connectivity index (χ3n) is 4.90. The van der Waals surface area contributed by atoms with Gasteiger partial charge in [-0.2, -0.15) is 0 Å². The van der Waals surface area contributed by atoms with Crippen LogP contribution in [-0.2, 0) is 49.7 Å². The molecule has 0 amide bonds. The molecular formula is C26H44Cl2O10. The first kappa shape index (κ1) is 35.1. The maximum absolute atomic E-state index is 6.02. The Morgan fingerprint density at radius 1 is 0.447 bits per heavy atom. The van der Waals surface area contributed by atoms with Crippen LogP contribution in [0.4, 0.5) is 0 Å². The highest BCUT2D eigenvalue weighted by atomic mass is 35.5. The zero-order chi connectivity index (χ0) is 27.5. The minimum atomic E-state index is 0.314. The van der Waals surface area contributed by atoms with Crippen molar-refractivity contribution in [2.24, 2.45) is 0 Å². The number of rotatable bonds is 28. The fourth-order valence-electron chi connectivity index (χ4n) is 2.95. The molecule has 0 fully saturated rings. The van der Waals surface area contributed by atoms with Gasteiger partial charge in [0.05, 0.1) is 118 Å². The molecule has 10 nitrogen and oxygen atoms in total. The Labute approximate surface area is 236 Å². The first-order valence-electron chi connectivity index (χ1n) is 12.7. The predicted octanol–water partition coefficient (Wildman–Crippen LogP) is 3.31. The fraction of sp³-hybridized carbons (Fsp3) is 0.769. The van der Waals surface area contributed by atoms with Gasteiger partial charge >= 0.3 is 0 Å². The minimum Gasteiger partial charge on any atom is -0.496 e. The second-order valence-electron chi connectivity index (χ2n) is 7.67. The van der Waals surface area contributed by atoms with Crippen LogP contribution in [0.25, 0.3) is 0 Å². The molecular weight excluding hydrogens is 543 g/mol. The van der Waals surface area contributed by atoms with Gasteiger partial charge in [-0.1, -0.05) is 0 Å². The molecule has 0 spiro atoms. The average molecular weight is 588 g/mol. The average Bonchev–Trinajstić information content (AvgIpc) is 2.94. The third kappa shape index (κ3) is 18.4. The molecule has 0 unspecified atom stereocenters. The lowest BCUT2D eigenvalue weighted by molar-refractivity contribution is -0.0227. The Hall–Kier alpha value is -0.920. The number of benzene rings is 1. The van der Waals surface area contributed by atoms with Crippen LogP contribution in [0, 0.1) is 0 Å². The lowest BCUT2D eigenvalue weighted by Crippen LogP contribution is -2.15. The van der Waals surface area contributed by atoms with Crippen LogP contribution in [-0.4, -0.2) is 120 Å². The topological polar surface area (TPSA) is 92.3 Å². The predicted molar refractivity (Wildman–Crippen MR) is 145 cm³/mol. The summed E-state index contributed by atoms with van der Waals surface area (Å²) in [5, 5.41) is 0. The summed E-state index contributed by atoms with van der Waals surface area (Å²) in [4.78, 5) is 0. The quantitative estimate of drug-likeness (QED) is 0.107. The highest BCUT2D eigenvalue weighted by Gasteiger charge is 2.10. The van der Waals surface area contributed by atoms with Crippen LogP contribution in [0.1, 0.15) is 11.1 Å². The van der Waals surface area contributed by atoms with Crippen LogP contribution in [0.15, 0.2) is 12.1 Å². The largest absolute Gasteiger partial charge is 0.496 e. The number of hydrogen-bond acceptors (Lipinski definition) is 10. The van der Waals surface area contributed by atoms with Crippen molar-refractivity contribution in [3.05, 3.63) is 23.3 Å². The summed E-state index contributed by atoms with van der Waals surface area (Å²) in [5.41, 5.74) is 1.70. The van der Waals surface area contributed by atoms with Gasteiger partial charge in [0.2, 0.25) is 0 Å². The van der Waals surface area contributed by atoms with Gasteiger partial charge in [0, 0.05) is 18.2 Å². The molecule has 0 radical (unpaired) electrons.